The van der Waals surface area contributed by atoms with Crippen LogP contribution in [0.3, 0.4) is 0 Å². The summed E-state index contributed by atoms with van der Waals surface area (Å²) in [5.74, 6) is 0. The number of ether oxygens (including phenoxy) is 5. The molecule has 0 aromatic rings. The number of rotatable bonds is 5. The van der Waals surface area contributed by atoms with Crippen LogP contribution in [0.5, 0.6) is 0 Å². The molecule has 3 saturated heterocycles. The fourth-order valence-corrected chi connectivity index (χ4v) is 3.92. The molecule has 13 nitrogen and oxygen atoms in total. The molecule has 0 unspecified atom stereocenters. The Balaban J connectivity index is 1.75. The minimum Gasteiger partial charge on any atom is -0.394 e. The second-order valence-electron chi connectivity index (χ2n) is 8.20. The Kier molecular flexibility index (Phi) is 8.24. The van der Waals surface area contributed by atoms with E-state index >= 15 is 0 Å². The molecule has 0 bridgehead atoms. The van der Waals surface area contributed by atoms with Crippen molar-refractivity contribution >= 4 is 0 Å². The van der Waals surface area contributed by atoms with E-state index in [1.165, 1.54) is 13.8 Å². The van der Waals surface area contributed by atoms with E-state index < -0.39 is 92.6 Å². The molecule has 3 aliphatic heterocycles. The van der Waals surface area contributed by atoms with Crippen molar-refractivity contribution in [2.24, 2.45) is 0 Å². The van der Waals surface area contributed by atoms with E-state index in [1.54, 1.807) is 0 Å². The van der Waals surface area contributed by atoms with Crippen LogP contribution < -0.4 is 0 Å². The van der Waals surface area contributed by atoms with Crippen molar-refractivity contribution in [1.82, 2.24) is 0 Å². The van der Waals surface area contributed by atoms with Gasteiger partial charge in [-0.25, -0.2) is 0 Å². The molecule has 0 aliphatic carbocycles. The van der Waals surface area contributed by atoms with E-state index in [0.717, 1.165) is 0 Å². The first-order valence-electron chi connectivity index (χ1n) is 10.2. The predicted octanol–water partition coefficient (Wildman–Crippen LogP) is -4.49. The van der Waals surface area contributed by atoms with E-state index in [4.69, 9.17) is 23.7 Å². The second kappa shape index (κ2) is 10.2. The molecule has 8 N–H and O–H groups in total. The first-order chi connectivity index (χ1) is 14.5. The van der Waals surface area contributed by atoms with Gasteiger partial charge in [-0.05, 0) is 13.8 Å². The van der Waals surface area contributed by atoms with Crippen molar-refractivity contribution in [3.05, 3.63) is 0 Å². The van der Waals surface area contributed by atoms with Crippen LogP contribution in [-0.4, -0.2) is 133 Å². The lowest BCUT2D eigenvalue weighted by Gasteiger charge is -2.46. The van der Waals surface area contributed by atoms with Gasteiger partial charge in [0.05, 0.1) is 24.9 Å². The molecule has 0 radical (unpaired) electrons. The molecule has 0 amide bonds. The average molecular weight is 456 g/mol. The van der Waals surface area contributed by atoms with Crippen molar-refractivity contribution in [2.45, 2.75) is 106 Å². The van der Waals surface area contributed by atoms with Crippen LogP contribution in [0.4, 0.5) is 0 Å². The first kappa shape index (κ1) is 25.1. The zero-order valence-electron chi connectivity index (χ0n) is 17.1. The van der Waals surface area contributed by atoms with Gasteiger partial charge in [-0.3, -0.25) is 0 Å². The molecular formula is C18H32O13. The van der Waals surface area contributed by atoms with E-state index in [-0.39, 0.29) is 6.42 Å². The van der Waals surface area contributed by atoms with Gasteiger partial charge in [0.1, 0.15) is 48.8 Å². The summed E-state index contributed by atoms with van der Waals surface area (Å²) >= 11 is 0. The summed E-state index contributed by atoms with van der Waals surface area (Å²) in [6.45, 7) is 2.43. The zero-order valence-corrected chi connectivity index (χ0v) is 17.1. The summed E-state index contributed by atoms with van der Waals surface area (Å²) in [7, 11) is 0. The summed E-state index contributed by atoms with van der Waals surface area (Å²) in [5, 5.41) is 79.5. The van der Waals surface area contributed by atoms with E-state index in [0.29, 0.717) is 0 Å². The largest absolute Gasteiger partial charge is 0.394 e. The third-order valence-corrected chi connectivity index (χ3v) is 5.90. The molecular weight excluding hydrogens is 424 g/mol. The number of hydrogen-bond donors (Lipinski definition) is 8. The van der Waals surface area contributed by atoms with Crippen molar-refractivity contribution in [2.75, 3.05) is 6.61 Å². The summed E-state index contributed by atoms with van der Waals surface area (Å²) in [6, 6.07) is 0. The molecule has 0 saturated carbocycles. The fourth-order valence-electron chi connectivity index (χ4n) is 3.92. The molecule has 0 aromatic carbocycles. The average Bonchev–Trinajstić information content (AvgIpc) is 2.73. The molecule has 0 aromatic heterocycles. The normalized spacial score (nSPS) is 54.0. The molecule has 31 heavy (non-hydrogen) atoms. The van der Waals surface area contributed by atoms with Gasteiger partial charge in [0, 0.05) is 6.42 Å². The Hall–Kier alpha value is -0.520. The number of aliphatic hydroxyl groups is 8. The molecule has 3 fully saturated rings. The van der Waals surface area contributed by atoms with Gasteiger partial charge < -0.3 is 64.5 Å². The molecule has 14 atom stereocenters. The van der Waals surface area contributed by atoms with Gasteiger partial charge in [-0.1, -0.05) is 0 Å². The van der Waals surface area contributed by atoms with Gasteiger partial charge in [0.15, 0.2) is 18.9 Å². The molecule has 182 valence electrons. The Morgan fingerprint density at radius 2 is 1.39 bits per heavy atom. The maximum absolute atomic E-state index is 10.3. The molecule has 3 heterocycles. The molecule has 13 heteroatoms. The SMILES string of the molecule is C[C@@H]1O[C@@H](O[C@@H]2C[C@@H](O)[C@@H](CO)O[C@H]2O[C@H]2[C@H](O)[C@@H](O)[C@@H](O)O[C@@H]2C)[C@@H](O)[C@H](O)[C@@H]1O. The predicted molar refractivity (Wildman–Crippen MR) is 97.0 cm³/mol. The number of aliphatic hydroxyl groups excluding tert-OH is 8. The minimum absolute atomic E-state index is 0.126. The highest BCUT2D eigenvalue weighted by Gasteiger charge is 2.49. The highest BCUT2D eigenvalue weighted by molar-refractivity contribution is 4.92. The summed E-state index contributed by atoms with van der Waals surface area (Å²) < 4.78 is 27.6. The zero-order chi connectivity index (χ0) is 23.0. The second-order valence-corrected chi connectivity index (χ2v) is 8.20. The highest BCUT2D eigenvalue weighted by Crippen LogP contribution is 2.32. The van der Waals surface area contributed by atoms with Crippen LogP contribution >= 0.6 is 0 Å². The van der Waals surface area contributed by atoms with Crippen molar-refractivity contribution in [3.8, 4) is 0 Å². The van der Waals surface area contributed by atoms with Crippen LogP contribution in [-0.2, 0) is 23.7 Å². The highest BCUT2D eigenvalue weighted by atomic mass is 16.8. The first-order valence-corrected chi connectivity index (χ1v) is 10.2. The number of hydrogen-bond acceptors (Lipinski definition) is 13. The van der Waals surface area contributed by atoms with Gasteiger partial charge >= 0.3 is 0 Å². The monoisotopic (exact) mass is 456 g/mol. The fraction of sp³-hybridized carbons (Fsp3) is 1.00. The van der Waals surface area contributed by atoms with E-state index in [9.17, 15) is 40.9 Å². The Morgan fingerprint density at radius 1 is 0.710 bits per heavy atom. The van der Waals surface area contributed by atoms with Crippen LogP contribution in [0.2, 0.25) is 0 Å². The Morgan fingerprint density at radius 3 is 2.03 bits per heavy atom. The minimum atomic E-state index is -1.65. The van der Waals surface area contributed by atoms with Crippen LogP contribution in [0.15, 0.2) is 0 Å². The lowest BCUT2D eigenvalue weighted by Crippen LogP contribution is -2.62. The Labute approximate surface area is 178 Å². The Bertz CT molecular complexity index is 581. The van der Waals surface area contributed by atoms with E-state index in [2.05, 4.69) is 0 Å². The molecule has 0 spiro atoms. The van der Waals surface area contributed by atoms with Gasteiger partial charge in [0.25, 0.3) is 0 Å². The van der Waals surface area contributed by atoms with Gasteiger partial charge in [0.2, 0.25) is 0 Å². The van der Waals surface area contributed by atoms with Crippen molar-refractivity contribution in [1.29, 1.82) is 0 Å². The summed E-state index contributed by atoms with van der Waals surface area (Å²) in [4.78, 5) is 0. The lowest BCUT2D eigenvalue weighted by molar-refractivity contribution is -0.369. The van der Waals surface area contributed by atoms with Crippen LogP contribution in [0.1, 0.15) is 20.3 Å². The maximum Gasteiger partial charge on any atom is 0.187 e. The summed E-state index contributed by atoms with van der Waals surface area (Å²) in [5.41, 5.74) is 0. The van der Waals surface area contributed by atoms with Gasteiger partial charge in [-0.15, -0.1) is 0 Å². The lowest BCUT2D eigenvalue weighted by atomic mass is 9.98. The van der Waals surface area contributed by atoms with Crippen molar-refractivity contribution < 1.29 is 64.5 Å². The third kappa shape index (κ3) is 5.19. The topological polar surface area (TPSA) is 208 Å². The molecule has 3 aliphatic rings. The third-order valence-electron chi connectivity index (χ3n) is 5.90. The molecule has 3 rings (SSSR count). The van der Waals surface area contributed by atoms with Crippen molar-refractivity contribution in [3.63, 3.8) is 0 Å². The summed E-state index contributed by atoms with van der Waals surface area (Å²) in [6.07, 6.45) is -18.4. The quantitative estimate of drug-likeness (QED) is 0.196. The van der Waals surface area contributed by atoms with Crippen LogP contribution in [0.25, 0.3) is 0 Å². The van der Waals surface area contributed by atoms with Gasteiger partial charge in [-0.2, -0.15) is 0 Å². The maximum atomic E-state index is 10.3. The van der Waals surface area contributed by atoms with E-state index in [1.807, 2.05) is 0 Å². The standard InChI is InChI=1S/C18H32O13/c1-5-10(21)11(22)14(25)18(28-5)29-8-3-7(20)9(4-19)30-17(8)31-15-6(2)27-16(26)13(24)12(15)23/h5-26H,3-4H2,1-2H3/t5-,6+,7+,8+,9+,10+,11+,12+,13+,14-,15+,16-,17-,18-/m0/s1. The smallest absolute Gasteiger partial charge is 0.187 e. The van der Waals surface area contributed by atoms with Crippen LogP contribution in [0, 0.1) is 0 Å².